The second-order valence-corrected chi connectivity index (χ2v) is 4.15. The van der Waals surface area contributed by atoms with E-state index in [2.05, 4.69) is 17.3 Å². The quantitative estimate of drug-likeness (QED) is 0.759. The molecule has 1 heterocycles. The summed E-state index contributed by atoms with van der Waals surface area (Å²) in [4.78, 5) is 0. The van der Waals surface area contributed by atoms with Crippen molar-refractivity contribution in [2.75, 3.05) is 13.1 Å². The van der Waals surface area contributed by atoms with Gasteiger partial charge in [0.25, 0.3) is 0 Å². The first-order valence-corrected chi connectivity index (χ1v) is 5.93. The number of rotatable bonds is 6. The van der Waals surface area contributed by atoms with E-state index in [1.807, 2.05) is 14.0 Å². The molecule has 0 fully saturated rings. The van der Waals surface area contributed by atoms with Crippen LogP contribution in [0.15, 0.2) is 0 Å². The lowest BCUT2D eigenvalue weighted by Gasteiger charge is -2.02. The Morgan fingerprint density at radius 1 is 1.40 bits per heavy atom. The Balaban J connectivity index is 2.37. The SMILES string of the molecule is CCNCCCCc1c(C)nn(C)c1Cl. The highest BCUT2D eigenvalue weighted by Crippen LogP contribution is 2.20. The summed E-state index contributed by atoms with van der Waals surface area (Å²) < 4.78 is 1.75. The van der Waals surface area contributed by atoms with Crippen LogP contribution in [0.4, 0.5) is 0 Å². The predicted molar refractivity (Wildman–Crippen MR) is 64.4 cm³/mol. The van der Waals surface area contributed by atoms with Crippen LogP contribution < -0.4 is 5.32 Å². The fourth-order valence-corrected chi connectivity index (χ4v) is 1.96. The molecule has 0 aliphatic carbocycles. The lowest BCUT2D eigenvalue weighted by Crippen LogP contribution is -2.13. The minimum Gasteiger partial charge on any atom is -0.317 e. The first-order chi connectivity index (χ1) is 7.16. The number of aromatic nitrogens is 2. The average Bonchev–Trinajstić information content (AvgIpc) is 2.44. The molecule has 0 unspecified atom stereocenters. The highest BCUT2D eigenvalue weighted by atomic mass is 35.5. The van der Waals surface area contributed by atoms with Gasteiger partial charge in [0.1, 0.15) is 5.15 Å². The summed E-state index contributed by atoms with van der Waals surface area (Å²) in [6, 6.07) is 0. The summed E-state index contributed by atoms with van der Waals surface area (Å²) >= 11 is 6.14. The minimum absolute atomic E-state index is 0.788. The number of hydrogen-bond acceptors (Lipinski definition) is 2. The normalized spacial score (nSPS) is 10.9. The Hall–Kier alpha value is -0.540. The molecule has 1 aromatic heterocycles. The molecule has 0 atom stereocenters. The van der Waals surface area contributed by atoms with Gasteiger partial charge in [0.2, 0.25) is 0 Å². The molecule has 0 spiro atoms. The third-order valence-corrected chi connectivity index (χ3v) is 3.02. The molecule has 4 heteroatoms. The molecule has 0 aliphatic rings. The van der Waals surface area contributed by atoms with Gasteiger partial charge in [-0.25, -0.2) is 0 Å². The van der Waals surface area contributed by atoms with Crippen LogP contribution in [-0.2, 0) is 13.5 Å². The van der Waals surface area contributed by atoms with Gasteiger partial charge in [0.05, 0.1) is 5.69 Å². The molecular formula is C11H20ClN3. The van der Waals surface area contributed by atoms with E-state index >= 15 is 0 Å². The molecule has 0 aromatic carbocycles. The van der Waals surface area contributed by atoms with Crippen LogP contribution in [0.1, 0.15) is 31.0 Å². The maximum atomic E-state index is 6.14. The first-order valence-electron chi connectivity index (χ1n) is 5.55. The Bertz CT molecular complexity index is 307. The van der Waals surface area contributed by atoms with Gasteiger partial charge in [-0.3, -0.25) is 4.68 Å². The minimum atomic E-state index is 0.788. The van der Waals surface area contributed by atoms with E-state index in [-0.39, 0.29) is 0 Å². The maximum Gasteiger partial charge on any atom is 0.130 e. The van der Waals surface area contributed by atoms with Crippen molar-refractivity contribution in [2.24, 2.45) is 7.05 Å². The van der Waals surface area contributed by atoms with Crippen LogP contribution >= 0.6 is 11.6 Å². The van der Waals surface area contributed by atoms with Crippen LogP contribution in [0.25, 0.3) is 0 Å². The van der Waals surface area contributed by atoms with Crippen LogP contribution in [0.3, 0.4) is 0 Å². The predicted octanol–water partition coefficient (Wildman–Crippen LogP) is 2.31. The number of unbranched alkanes of at least 4 members (excludes halogenated alkanes) is 1. The molecule has 0 saturated heterocycles. The highest BCUT2D eigenvalue weighted by molar-refractivity contribution is 6.30. The summed E-state index contributed by atoms with van der Waals surface area (Å²) in [5.41, 5.74) is 2.27. The number of aryl methyl sites for hydroxylation is 2. The largest absolute Gasteiger partial charge is 0.317 e. The van der Waals surface area contributed by atoms with E-state index in [9.17, 15) is 0 Å². The number of hydrogen-bond donors (Lipinski definition) is 1. The molecular weight excluding hydrogens is 210 g/mol. The van der Waals surface area contributed by atoms with Crippen molar-refractivity contribution >= 4 is 11.6 Å². The molecule has 15 heavy (non-hydrogen) atoms. The van der Waals surface area contributed by atoms with Gasteiger partial charge in [-0.2, -0.15) is 5.10 Å². The fourth-order valence-electron chi connectivity index (χ4n) is 1.69. The number of nitrogens with one attached hydrogen (secondary N) is 1. The smallest absolute Gasteiger partial charge is 0.130 e. The monoisotopic (exact) mass is 229 g/mol. The molecule has 86 valence electrons. The third kappa shape index (κ3) is 3.50. The fraction of sp³-hybridized carbons (Fsp3) is 0.727. The van der Waals surface area contributed by atoms with Crippen LogP contribution in [0.2, 0.25) is 5.15 Å². The van der Waals surface area contributed by atoms with Crippen LogP contribution in [0, 0.1) is 6.92 Å². The van der Waals surface area contributed by atoms with Gasteiger partial charge in [-0.05, 0) is 39.3 Å². The van der Waals surface area contributed by atoms with Crippen molar-refractivity contribution in [1.29, 1.82) is 0 Å². The van der Waals surface area contributed by atoms with E-state index in [4.69, 9.17) is 11.6 Å². The Morgan fingerprint density at radius 2 is 2.13 bits per heavy atom. The molecule has 0 radical (unpaired) electrons. The second kappa shape index (κ2) is 6.13. The molecule has 0 bridgehead atoms. The van der Waals surface area contributed by atoms with Crippen molar-refractivity contribution in [3.63, 3.8) is 0 Å². The zero-order chi connectivity index (χ0) is 11.3. The van der Waals surface area contributed by atoms with Gasteiger partial charge < -0.3 is 5.32 Å². The molecule has 0 amide bonds. The van der Waals surface area contributed by atoms with Crippen molar-refractivity contribution in [2.45, 2.75) is 33.1 Å². The first kappa shape index (κ1) is 12.5. The molecule has 1 N–H and O–H groups in total. The zero-order valence-corrected chi connectivity index (χ0v) is 10.6. The zero-order valence-electron chi connectivity index (χ0n) is 9.81. The van der Waals surface area contributed by atoms with Crippen molar-refractivity contribution in [1.82, 2.24) is 15.1 Å². The summed E-state index contributed by atoms with van der Waals surface area (Å²) in [6.45, 7) is 6.29. The van der Waals surface area contributed by atoms with Gasteiger partial charge in [0.15, 0.2) is 0 Å². The van der Waals surface area contributed by atoms with Crippen molar-refractivity contribution < 1.29 is 0 Å². The topological polar surface area (TPSA) is 29.9 Å². The molecule has 1 rings (SSSR count). The lowest BCUT2D eigenvalue weighted by atomic mass is 10.1. The number of nitrogens with zero attached hydrogens (tertiary/aromatic N) is 2. The Labute approximate surface area is 96.8 Å². The molecule has 3 nitrogen and oxygen atoms in total. The van der Waals surface area contributed by atoms with Crippen molar-refractivity contribution in [3.05, 3.63) is 16.4 Å². The lowest BCUT2D eigenvalue weighted by molar-refractivity contribution is 0.640. The average molecular weight is 230 g/mol. The second-order valence-electron chi connectivity index (χ2n) is 3.79. The number of halogens is 1. The summed E-state index contributed by atoms with van der Waals surface area (Å²) in [5, 5.41) is 8.40. The summed E-state index contributed by atoms with van der Waals surface area (Å²) in [7, 11) is 1.89. The van der Waals surface area contributed by atoms with Gasteiger partial charge in [-0.1, -0.05) is 18.5 Å². The van der Waals surface area contributed by atoms with E-state index in [1.165, 1.54) is 18.4 Å². The van der Waals surface area contributed by atoms with Crippen LogP contribution in [-0.4, -0.2) is 22.9 Å². The molecule has 0 aliphatic heterocycles. The maximum absolute atomic E-state index is 6.14. The summed E-state index contributed by atoms with van der Waals surface area (Å²) in [6.07, 6.45) is 3.39. The highest BCUT2D eigenvalue weighted by Gasteiger charge is 2.09. The van der Waals surface area contributed by atoms with Crippen LogP contribution in [0.5, 0.6) is 0 Å². The van der Waals surface area contributed by atoms with Gasteiger partial charge in [0, 0.05) is 12.6 Å². The summed E-state index contributed by atoms with van der Waals surface area (Å²) in [5.74, 6) is 0. The molecule has 0 saturated carbocycles. The third-order valence-electron chi connectivity index (χ3n) is 2.55. The Kier molecular flexibility index (Phi) is 5.12. The van der Waals surface area contributed by atoms with Crippen molar-refractivity contribution in [3.8, 4) is 0 Å². The Morgan fingerprint density at radius 3 is 2.67 bits per heavy atom. The van der Waals surface area contributed by atoms with E-state index in [0.717, 1.165) is 30.4 Å². The molecule has 1 aromatic rings. The van der Waals surface area contributed by atoms with E-state index in [0.29, 0.717) is 0 Å². The van der Waals surface area contributed by atoms with E-state index in [1.54, 1.807) is 4.68 Å². The van der Waals surface area contributed by atoms with E-state index < -0.39 is 0 Å². The van der Waals surface area contributed by atoms with Gasteiger partial charge in [-0.15, -0.1) is 0 Å². The standard InChI is InChI=1S/C11H20ClN3/c1-4-13-8-6-5-7-10-9(2)14-15(3)11(10)12/h13H,4-8H2,1-3H3. The van der Waals surface area contributed by atoms with Gasteiger partial charge >= 0.3 is 0 Å².